The molecule has 0 aliphatic heterocycles. The predicted molar refractivity (Wildman–Crippen MR) is 50.8 cm³/mol. The number of nitriles is 1. The molecule has 0 amide bonds. The van der Waals surface area contributed by atoms with E-state index >= 15 is 0 Å². The maximum Gasteiger partial charge on any atom is 0.0992 e. The van der Waals surface area contributed by atoms with Crippen molar-refractivity contribution in [1.29, 1.82) is 5.26 Å². The summed E-state index contributed by atoms with van der Waals surface area (Å²) < 4.78 is 1.02. The molecule has 0 saturated heterocycles. The zero-order chi connectivity index (χ0) is 8.55. The summed E-state index contributed by atoms with van der Waals surface area (Å²) >= 11 is 3.40. The number of hydrogen-bond acceptors (Lipinski definition) is 1. The first-order chi connectivity index (χ1) is 5.79. The van der Waals surface area contributed by atoms with Gasteiger partial charge in [-0.05, 0) is 42.5 Å². The topological polar surface area (TPSA) is 23.8 Å². The third-order valence-corrected chi connectivity index (χ3v) is 2.56. The van der Waals surface area contributed by atoms with Gasteiger partial charge in [-0.15, -0.1) is 0 Å². The Bertz CT molecular complexity index is 347. The molecule has 1 aromatic carbocycles. The van der Waals surface area contributed by atoms with Crippen LogP contribution in [0.3, 0.4) is 0 Å². The molecular weight excluding hydrogens is 214 g/mol. The quantitative estimate of drug-likeness (QED) is 0.715. The van der Waals surface area contributed by atoms with E-state index in [-0.39, 0.29) is 0 Å². The summed E-state index contributed by atoms with van der Waals surface area (Å²) in [5, 5.41) is 8.72. The van der Waals surface area contributed by atoms with E-state index in [1.165, 1.54) is 18.4 Å². The average molecular weight is 222 g/mol. The lowest BCUT2D eigenvalue weighted by molar-refractivity contribution is 1.12. The molecule has 2 rings (SSSR count). The molecule has 0 aromatic heterocycles. The van der Waals surface area contributed by atoms with Gasteiger partial charge in [0.2, 0.25) is 0 Å². The van der Waals surface area contributed by atoms with Gasteiger partial charge in [0, 0.05) is 4.47 Å². The van der Waals surface area contributed by atoms with E-state index in [9.17, 15) is 0 Å². The molecule has 60 valence electrons. The number of hydrogen-bond donors (Lipinski definition) is 0. The van der Waals surface area contributed by atoms with Gasteiger partial charge in [-0.2, -0.15) is 5.26 Å². The highest BCUT2D eigenvalue weighted by molar-refractivity contribution is 9.10. The number of rotatable bonds is 1. The molecule has 1 aliphatic carbocycles. The minimum Gasteiger partial charge on any atom is -0.192 e. The maximum absolute atomic E-state index is 8.72. The van der Waals surface area contributed by atoms with Crippen molar-refractivity contribution in [2.75, 3.05) is 0 Å². The highest BCUT2D eigenvalue weighted by atomic mass is 79.9. The van der Waals surface area contributed by atoms with Crippen LogP contribution in [0.5, 0.6) is 0 Å². The van der Waals surface area contributed by atoms with Crippen LogP contribution in [0.4, 0.5) is 0 Å². The van der Waals surface area contributed by atoms with Gasteiger partial charge in [-0.1, -0.05) is 15.9 Å². The van der Waals surface area contributed by atoms with E-state index in [4.69, 9.17) is 5.26 Å². The van der Waals surface area contributed by atoms with Crippen molar-refractivity contribution in [3.63, 3.8) is 0 Å². The smallest absolute Gasteiger partial charge is 0.0992 e. The molecule has 0 spiro atoms. The van der Waals surface area contributed by atoms with Crippen LogP contribution in [0.15, 0.2) is 22.7 Å². The Kier molecular flexibility index (Phi) is 1.90. The third-order valence-electron chi connectivity index (χ3n) is 2.10. The second kappa shape index (κ2) is 2.91. The summed E-state index contributed by atoms with van der Waals surface area (Å²) in [5.41, 5.74) is 2.06. The zero-order valence-corrected chi connectivity index (χ0v) is 8.13. The Morgan fingerprint density at radius 2 is 2.08 bits per heavy atom. The summed E-state index contributed by atoms with van der Waals surface area (Å²) in [6.07, 6.45) is 2.56. The fraction of sp³-hybridized carbons (Fsp3) is 0.300. The molecule has 12 heavy (non-hydrogen) atoms. The van der Waals surface area contributed by atoms with Crippen LogP contribution in [0.25, 0.3) is 0 Å². The van der Waals surface area contributed by atoms with Crippen LogP contribution in [0.2, 0.25) is 0 Å². The molecule has 1 aliphatic rings. The minimum atomic E-state index is 0.717. The normalized spacial score (nSPS) is 15.7. The maximum atomic E-state index is 8.72. The Morgan fingerprint density at radius 1 is 1.33 bits per heavy atom. The summed E-state index contributed by atoms with van der Waals surface area (Å²) in [4.78, 5) is 0. The predicted octanol–water partition coefficient (Wildman–Crippen LogP) is 3.20. The van der Waals surface area contributed by atoms with Gasteiger partial charge in [0.05, 0.1) is 11.6 Å². The first-order valence-electron chi connectivity index (χ1n) is 4.00. The van der Waals surface area contributed by atoms with E-state index in [2.05, 4.69) is 28.1 Å². The second-order valence-corrected chi connectivity index (χ2v) is 4.07. The fourth-order valence-electron chi connectivity index (χ4n) is 1.33. The van der Waals surface area contributed by atoms with Crippen molar-refractivity contribution in [3.05, 3.63) is 33.8 Å². The van der Waals surface area contributed by atoms with E-state index in [1.807, 2.05) is 12.1 Å². The minimum absolute atomic E-state index is 0.717. The number of nitrogens with zero attached hydrogens (tertiary/aromatic N) is 1. The van der Waals surface area contributed by atoms with Crippen molar-refractivity contribution < 1.29 is 0 Å². The van der Waals surface area contributed by atoms with E-state index < -0.39 is 0 Å². The van der Waals surface area contributed by atoms with E-state index in [1.54, 1.807) is 0 Å². The van der Waals surface area contributed by atoms with Gasteiger partial charge >= 0.3 is 0 Å². The molecule has 0 radical (unpaired) electrons. The lowest BCUT2D eigenvalue weighted by Crippen LogP contribution is -1.82. The molecule has 0 N–H and O–H groups in total. The zero-order valence-electron chi connectivity index (χ0n) is 6.55. The standard InChI is InChI=1S/C10H8BrN/c11-10-4-7(6-12)3-9(5-10)8-1-2-8/h3-5,8H,1-2H2. The highest BCUT2D eigenvalue weighted by Gasteiger charge is 2.23. The van der Waals surface area contributed by atoms with Gasteiger partial charge in [0.15, 0.2) is 0 Å². The summed E-state index contributed by atoms with van der Waals surface area (Å²) in [5.74, 6) is 0.717. The molecule has 0 atom stereocenters. The third kappa shape index (κ3) is 1.51. The van der Waals surface area contributed by atoms with Crippen molar-refractivity contribution in [2.24, 2.45) is 0 Å². The summed E-state index contributed by atoms with van der Waals surface area (Å²) in [6.45, 7) is 0. The Hall–Kier alpha value is -0.810. The first kappa shape index (κ1) is 7.82. The number of benzene rings is 1. The molecule has 1 nitrogen and oxygen atoms in total. The van der Waals surface area contributed by atoms with Gasteiger partial charge in [-0.25, -0.2) is 0 Å². The first-order valence-corrected chi connectivity index (χ1v) is 4.79. The Labute approximate surface area is 80.1 Å². The summed E-state index contributed by atoms with van der Waals surface area (Å²) in [6, 6.07) is 8.11. The molecule has 1 aromatic rings. The Morgan fingerprint density at radius 3 is 2.67 bits per heavy atom. The average Bonchev–Trinajstić information content (AvgIpc) is 2.85. The largest absolute Gasteiger partial charge is 0.192 e. The molecular formula is C10H8BrN. The van der Waals surface area contributed by atoms with Crippen molar-refractivity contribution in [2.45, 2.75) is 18.8 Å². The number of halogens is 1. The molecule has 0 bridgehead atoms. The van der Waals surface area contributed by atoms with Crippen molar-refractivity contribution in [3.8, 4) is 6.07 Å². The van der Waals surface area contributed by atoms with Crippen LogP contribution in [-0.2, 0) is 0 Å². The van der Waals surface area contributed by atoms with Gasteiger partial charge in [-0.3, -0.25) is 0 Å². The monoisotopic (exact) mass is 221 g/mol. The molecule has 0 unspecified atom stereocenters. The molecule has 0 heterocycles. The van der Waals surface area contributed by atoms with Crippen LogP contribution in [-0.4, -0.2) is 0 Å². The van der Waals surface area contributed by atoms with Crippen molar-refractivity contribution in [1.82, 2.24) is 0 Å². The van der Waals surface area contributed by atoms with Crippen LogP contribution < -0.4 is 0 Å². The van der Waals surface area contributed by atoms with Crippen molar-refractivity contribution >= 4 is 15.9 Å². The van der Waals surface area contributed by atoms with E-state index in [0.717, 1.165) is 16.0 Å². The van der Waals surface area contributed by atoms with E-state index in [0.29, 0.717) is 0 Å². The van der Waals surface area contributed by atoms with Crippen LogP contribution >= 0.6 is 15.9 Å². The molecule has 1 saturated carbocycles. The van der Waals surface area contributed by atoms with Gasteiger partial charge in [0.1, 0.15) is 0 Å². The van der Waals surface area contributed by atoms with Crippen LogP contribution in [0.1, 0.15) is 29.9 Å². The fourth-order valence-corrected chi connectivity index (χ4v) is 1.84. The molecule has 2 heteroatoms. The lowest BCUT2D eigenvalue weighted by Gasteiger charge is -1.99. The Balaban J connectivity index is 2.43. The highest BCUT2D eigenvalue weighted by Crippen LogP contribution is 2.41. The molecule has 1 fully saturated rings. The SMILES string of the molecule is N#Cc1cc(Br)cc(C2CC2)c1. The van der Waals surface area contributed by atoms with Crippen LogP contribution in [0, 0.1) is 11.3 Å². The van der Waals surface area contributed by atoms with Gasteiger partial charge in [0.25, 0.3) is 0 Å². The lowest BCUT2D eigenvalue weighted by atomic mass is 10.1. The summed E-state index contributed by atoms with van der Waals surface area (Å²) in [7, 11) is 0. The second-order valence-electron chi connectivity index (χ2n) is 3.16. The van der Waals surface area contributed by atoms with Gasteiger partial charge < -0.3 is 0 Å².